The van der Waals surface area contributed by atoms with Crippen LogP contribution < -0.4 is 0 Å². The molecule has 2 fully saturated rings. The Labute approximate surface area is 148 Å². The van der Waals surface area contributed by atoms with Crippen LogP contribution in [-0.4, -0.2) is 62.5 Å². The molecule has 3 heterocycles. The summed E-state index contributed by atoms with van der Waals surface area (Å²) in [5.74, 6) is 1.48. The number of carbonyl (C=O) groups is 1. The average Bonchev–Trinajstić information content (AvgIpc) is 3.36. The second-order valence-electron chi connectivity index (χ2n) is 7.80. The lowest BCUT2D eigenvalue weighted by Gasteiger charge is -2.34. The number of hydrogen-bond acceptors (Lipinski definition) is 4. The van der Waals surface area contributed by atoms with Crippen LogP contribution >= 0.6 is 0 Å². The number of rotatable bonds is 4. The topological polar surface area (TPSA) is 53.7 Å². The van der Waals surface area contributed by atoms with Gasteiger partial charge in [-0.15, -0.1) is 0 Å². The second kappa shape index (κ2) is 6.75. The zero-order chi connectivity index (χ0) is 17.4. The molecule has 1 saturated heterocycles. The van der Waals surface area contributed by atoms with E-state index >= 15 is 0 Å². The quantitative estimate of drug-likeness (QED) is 0.856. The molecule has 1 saturated carbocycles. The maximum atomic E-state index is 13.2. The Kier molecular flexibility index (Phi) is 4.46. The van der Waals surface area contributed by atoms with Crippen LogP contribution in [0.15, 0.2) is 24.7 Å². The Balaban J connectivity index is 1.55. The first-order valence-corrected chi connectivity index (χ1v) is 9.45. The summed E-state index contributed by atoms with van der Waals surface area (Å²) in [6, 6.07) is 2.26. The van der Waals surface area contributed by atoms with Gasteiger partial charge in [0, 0.05) is 44.6 Å². The molecule has 0 bridgehead atoms. The van der Waals surface area contributed by atoms with E-state index in [1.54, 1.807) is 16.9 Å². The molecular weight excluding hydrogens is 314 g/mol. The normalized spacial score (nSPS) is 22.5. The summed E-state index contributed by atoms with van der Waals surface area (Å²) in [4.78, 5) is 22.1. The van der Waals surface area contributed by atoms with Crippen molar-refractivity contribution in [3.63, 3.8) is 0 Å². The zero-order valence-corrected chi connectivity index (χ0v) is 15.1. The largest absolute Gasteiger partial charge is 0.337 e. The number of amides is 1. The third kappa shape index (κ3) is 3.40. The van der Waals surface area contributed by atoms with Crippen LogP contribution in [0.4, 0.5) is 0 Å². The highest BCUT2D eigenvalue weighted by molar-refractivity contribution is 5.99. The molecule has 2 aromatic heterocycles. The fourth-order valence-electron chi connectivity index (χ4n) is 3.89. The smallest absolute Gasteiger partial charge is 0.259 e. The van der Waals surface area contributed by atoms with Gasteiger partial charge < -0.3 is 4.90 Å². The van der Waals surface area contributed by atoms with Crippen LogP contribution in [0.5, 0.6) is 0 Å². The van der Waals surface area contributed by atoms with Crippen LogP contribution in [0.2, 0.25) is 0 Å². The number of hydrogen-bond donors (Lipinski definition) is 0. The molecule has 0 unspecified atom stereocenters. The summed E-state index contributed by atoms with van der Waals surface area (Å²) in [5.41, 5.74) is 1.26. The highest BCUT2D eigenvalue weighted by atomic mass is 16.2. The third-order valence-corrected chi connectivity index (χ3v) is 5.51. The molecule has 1 atom stereocenters. The standard InChI is InChI=1S/C19H27N5O/c1-14(2)17-13-23(9-4-8-22(17)12-15-5-6-15)19(25)16-11-21-24-10-3-7-20-18(16)24/h3,7,10-11,14-15,17H,4-6,8-9,12-13H2,1-2H3/t17-/m0/s1. The predicted octanol–water partition coefficient (Wildman–Crippen LogP) is 2.31. The second-order valence-corrected chi connectivity index (χ2v) is 7.80. The summed E-state index contributed by atoms with van der Waals surface area (Å²) < 4.78 is 1.67. The van der Waals surface area contributed by atoms with E-state index in [0.29, 0.717) is 23.2 Å². The Bertz CT molecular complexity index is 751. The molecular formula is C19H27N5O. The van der Waals surface area contributed by atoms with Gasteiger partial charge in [-0.2, -0.15) is 5.10 Å². The van der Waals surface area contributed by atoms with Gasteiger partial charge in [0.05, 0.1) is 6.20 Å². The Morgan fingerprint density at radius 2 is 2.16 bits per heavy atom. The molecule has 25 heavy (non-hydrogen) atoms. The molecule has 0 N–H and O–H groups in total. The Hall–Kier alpha value is -1.95. The number of nitrogens with zero attached hydrogens (tertiary/aromatic N) is 5. The van der Waals surface area contributed by atoms with Crippen molar-refractivity contribution in [2.24, 2.45) is 11.8 Å². The van der Waals surface area contributed by atoms with Crippen molar-refractivity contribution in [3.05, 3.63) is 30.2 Å². The van der Waals surface area contributed by atoms with Crippen LogP contribution in [-0.2, 0) is 0 Å². The van der Waals surface area contributed by atoms with Gasteiger partial charge in [-0.05, 0) is 37.2 Å². The van der Waals surface area contributed by atoms with E-state index in [1.165, 1.54) is 19.4 Å². The van der Waals surface area contributed by atoms with Crippen molar-refractivity contribution in [2.75, 3.05) is 26.2 Å². The molecule has 0 spiro atoms. The van der Waals surface area contributed by atoms with E-state index in [4.69, 9.17) is 0 Å². The molecule has 134 valence electrons. The number of carbonyl (C=O) groups excluding carboxylic acids is 1. The van der Waals surface area contributed by atoms with Gasteiger partial charge in [0.15, 0.2) is 5.65 Å². The van der Waals surface area contributed by atoms with E-state index in [-0.39, 0.29) is 5.91 Å². The lowest BCUT2D eigenvalue weighted by atomic mass is 10.0. The van der Waals surface area contributed by atoms with Gasteiger partial charge in [0.25, 0.3) is 5.91 Å². The Morgan fingerprint density at radius 1 is 1.32 bits per heavy atom. The van der Waals surface area contributed by atoms with E-state index in [1.807, 2.05) is 17.2 Å². The van der Waals surface area contributed by atoms with E-state index < -0.39 is 0 Å². The summed E-state index contributed by atoms with van der Waals surface area (Å²) >= 11 is 0. The van der Waals surface area contributed by atoms with Gasteiger partial charge in [-0.1, -0.05) is 13.8 Å². The molecule has 1 amide bonds. The lowest BCUT2D eigenvalue weighted by Crippen LogP contribution is -2.46. The molecule has 4 rings (SSSR count). The average molecular weight is 341 g/mol. The summed E-state index contributed by atoms with van der Waals surface area (Å²) in [5, 5.41) is 4.27. The summed E-state index contributed by atoms with van der Waals surface area (Å²) in [6.45, 7) is 8.45. The molecule has 1 aliphatic heterocycles. The predicted molar refractivity (Wildman–Crippen MR) is 96.4 cm³/mol. The minimum Gasteiger partial charge on any atom is -0.337 e. The van der Waals surface area contributed by atoms with Crippen molar-refractivity contribution < 1.29 is 4.79 Å². The first kappa shape index (κ1) is 16.5. The van der Waals surface area contributed by atoms with Crippen LogP contribution in [0.1, 0.15) is 43.5 Å². The minimum absolute atomic E-state index is 0.0626. The highest BCUT2D eigenvalue weighted by Gasteiger charge is 2.34. The van der Waals surface area contributed by atoms with Gasteiger partial charge in [-0.25, -0.2) is 9.50 Å². The van der Waals surface area contributed by atoms with Crippen molar-refractivity contribution in [2.45, 2.75) is 39.2 Å². The van der Waals surface area contributed by atoms with Crippen molar-refractivity contribution >= 4 is 11.6 Å². The van der Waals surface area contributed by atoms with Crippen LogP contribution in [0.3, 0.4) is 0 Å². The minimum atomic E-state index is 0.0626. The molecule has 2 aliphatic rings. The van der Waals surface area contributed by atoms with E-state index in [2.05, 4.69) is 28.8 Å². The van der Waals surface area contributed by atoms with Gasteiger partial charge in [0.2, 0.25) is 0 Å². The van der Waals surface area contributed by atoms with Crippen molar-refractivity contribution in [1.29, 1.82) is 0 Å². The third-order valence-electron chi connectivity index (χ3n) is 5.51. The first-order valence-electron chi connectivity index (χ1n) is 9.45. The van der Waals surface area contributed by atoms with Gasteiger partial charge >= 0.3 is 0 Å². The molecule has 1 aliphatic carbocycles. The van der Waals surface area contributed by atoms with Gasteiger partial charge in [-0.3, -0.25) is 9.69 Å². The van der Waals surface area contributed by atoms with Crippen molar-refractivity contribution in [1.82, 2.24) is 24.4 Å². The van der Waals surface area contributed by atoms with E-state index in [0.717, 1.165) is 32.0 Å². The number of aromatic nitrogens is 3. The highest BCUT2D eigenvalue weighted by Crippen LogP contribution is 2.32. The summed E-state index contributed by atoms with van der Waals surface area (Å²) in [6.07, 6.45) is 8.98. The van der Waals surface area contributed by atoms with Crippen LogP contribution in [0.25, 0.3) is 5.65 Å². The zero-order valence-electron chi connectivity index (χ0n) is 15.1. The van der Waals surface area contributed by atoms with Crippen LogP contribution in [0, 0.1) is 11.8 Å². The fraction of sp³-hybridized carbons (Fsp3) is 0.632. The maximum absolute atomic E-state index is 13.2. The van der Waals surface area contributed by atoms with Crippen molar-refractivity contribution in [3.8, 4) is 0 Å². The molecule has 0 radical (unpaired) electrons. The van der Waals surface area contributed by atoms with Gasteiger partial charge in [0.1, 0.15) is 5.56 Å². The SMILES string of the molecule is CC(C)[C@@H]1CN(C(=O)c2cnn3cccnc23)CCCN1CC1CC1. The molecule has 6 nitrogen and oxygen atoms in total. The summed E-state index contributed by atoms with van der Waals surface area (Å²) in [7, 11) is 0. The molecule has 2 aromatic rings. The molecule has 6 heteroatoms. The maximum Gasteiger partial charge on any atom is 0.259 e. The number of fused-ring (bicyclic) bond motifs is 1. The lowest BCUT2D eigenvalue weighted by molar-refractivity contribution is 0.0706. The Morgan fingerprint density at radius 3 is 2.92 bits per heavy atom. The van der Waals surface area contributed by atoms with E-state index in [9.17, 15) is 4.79 Å². The monoisotopic (exact) mass is 341 g/mol. The fourth-order valence-corrected chi connectivity index (χ4v) is 3.89. The molecule has 0 aromatic carbocycles. The first-order chi connectivity index (χ1) is 12.1.